The number of H-pyrrole nitrogens is 1. The zero-order valence-corrected chi connectivity index (χ0v) is 17.6. The molecule has 0 bridgehead atoms. The van der Waals surface area contributed by atoms with E-state index in [0.717, 1.165) is 44.9 Å². The van der Waals surface area contributed by atoms with Crippen molar-refractivity contribution in [3.8, 4) is 0 Å². The van der Waals surface area contributed by atoms with Gasteiger partial charge in [-0.25, -0.2) is 4.98 Å². The number of fused-ring (bicyclic) bond motifs is 4. The molecule has 2 aromatic heterocycles. The SMILES string of the molecule is CCc1nc2c([nH]1)c(CCOCCON1C(=O)c3ccccc3C1=O)nc1ccccc12. The number of benzene rings is 2. The minimum absolute atomic E-state index is 0.0933. The first-order chi connectivity index (χ1) is 15.7. The minimum atomic E-state index is -0.445. The van der Waals surface area contributed by atoms with Gasteiger partial charge in [0.15, 0.2) is 0 Å². The van der Waals surface area contributed by atoms with Gasteiger partial charge in [-0.3, -0.25) is 19.4 Å². The third-order valence-corrected chi connectivity index (χ3v) is 5.48. The molecule has 1 N–H and O–H groups in total. The lowest BCUT2D eigenvalue weighted by Gasteiger charge is -2.13. The molecule has 0 fully saturated rings. The Balaban J connectivity index is 1.19. The van der Waals surface area contributed by atoms with E-state index in [1.807, 2.05) is 24.3 Å². The van der Waals surface area contributed by atoms with Crippen LogP contribution in [0.3, 0.4) is 0 Å². The molecular weight excluding hydrogens is 408 g/mol. The summed E-state index contributed by atoms with van der Waals surface area (Å²) in [5, 5.41) is 1.83. The number of nitrogens with one attached hydrogen (secondary N) is 1. The highest BCUT2D eigenvalue weighted by Crippen LogP contribution is 2.25. The van der Waals surface area contributed by atoms with E-state index in [4.69, 9.17) is 19.5 Å². The Kier molecular flexibility index (Phi) is 5.38. The molecule has 2 aromatic carbocycles. The van der Waals surface area contributed by atoms with Gasteiger partial charge in [0.05, 0.1) is 53.2 Å². The minimum Gasteiger partial charge on any atom is -0.379 e. The van der Waals surface area contributed by atoms with Crippen molar-refractivity contribution in [2.75, 3.05) is 19.8 Å². The highest BCUT2D eigenvalue weighted by Gasteiger charge is 2.36. The number of hydrogen-bond acceptors (Lipinski definition) is 6. The van der Waals surface area contributed by atoms with Crippen molar-refractivity contribution in [3.05, 3.63) is 71.2 Å². The van der Waals surface area contributed by atoms with Crippen LogP contribution in [0.2, 0.25) is 0 Å². The molecule has 162 valence electrons. The number of carbonyl (C=O) groups excluding carboxylic acids is 2. The Hall–Kier alpha value is -3.62. The Labute approximate surface area is 184 Å². The third kappa shape index (κ3) is 3.53. The van der Waals surface area contributed by atoms with Crippen molar-refractivity contribution in [1.29, 1.82) is 0 Å². The predicted octanol–water partition coefficient (Wildman–Crippen LogP) is 3.46. The van der Waals surface area contributed by atoms with Crippen molar-refractivity contribution in [1.82, 2.24) is 20.0 Å². The summed E-state index contributed by atoms with van der Waals surface area (Å²) in [5.74, 6) is 0.0355. The smallest absolute Gasteiger partial charge is 0.285 e. The second kappa shape index (κ2) is 8.49. The van der Waals surface area contributed by atoms with Gasteiger partial charge in [-0.2, -0.15) is 0 Å². The standard InChI is InChI=1S/C24H22N4O4/c1-2-20-26-21-17-9-5-6-10-18(17)25-19(22(21)27-20)11-12-31-13-14-32-28-23(29)15-7-3-4-8-16(15)24(28)30/h3-10H,2,11-14H2,1H3,(H,26,27). The molecular formula is C24H22N4O4. The number of para-hydroxylation sites is 1. The highest BCUT2D eigenvalue weighted by molar-refractivity contribution is 6.20. The average molecular weight is 430 g/mol. The monoisotopic (exact) mass is 430 g/mol. The van der Waals surface area contributed by atoms with Crippen LogP contribution >= 0.6 is 0 Å². The number of imidazole rings is 1. The number of carbonyl (C=O) groups is 2. The summed E-state index contributed by atoms with van der Waals surface area (Å²) in [6.45, 7) is 2.82. The maximum Gasteiger partial charge on any atom is 0.285 e. The van der Waals surface area contributed by atoms with Crippen LogP contribution in [0.5, 0.6) is 0 Å². The summed E-state index contributed by atoms with van der Waals surface area (Å²) in [7, 11) is 0. The zero-order valence-electron chi connectivity index (χ0n) is 17.6. The molecule has 1 aliphatic heterocycles. The van der Waals surface area contributed by atoms with Crippen LogP contribution in [0.15, 0.2) is 48.5 Å². The second-order valence-electron chi connectivity index (χ2n) is 7.48. The molecule has 3 heterocycles. The fraction of sp³-hybridized carbons (Fsp3) is 0.250. The second-order valence-corrected chi connectivity index (χ2v) is 7.48. The first-order valence-corrected chi connectivity index (χ1v) is 10.6. The first kappa shape index (κ1) is 20.3. The predicted molar refractivity (Wildman–Crippen MR) is 118 cm³/mol. The van der Waals surface area contributed by atoms with E-state index in [2.05, 4.69) is 11.9 Å². The topological polar surface area (TPSA) is 97.4 Å². The number of aromatic nitrogens is 3. The lowest BCUT2D eigenvalue weighted by molar-refractivity contribution is -0.105. The van der Waals surface area contributed by atoms with Crippen LogP contribution in [0.1, 0.15) is 39.2 Å². The molecule has 32 heavy (non-hydrogen) atoms. The number of imide groups is 1. The average Bonchev–Trinajstić information content (AvgIpc) is 3.37. The third-order valence-electron chi connectivity index (χ3n) is 5.48. The number of aryl methyl sites for hydroxylation is 1. The fourth-order valence-corrected chi connectivity index (χ4v) is 3.89. The van der Waals surface area contributed by atoms with Crippen LogP contribution in [0.4, 0.5) is 0 Å². The molecule has 0 saturated carbocycles. The Morgan fingerprint density at radius 3 is 2.38 bits per heavy atom. The van der Waals surface area contributed by atoms with Crippen molar-refractivity contribution < 1.29 is 19.2 Å². The van der Waals surface area contributed by atoms with Gasteiger partial charge in [0.25, 0.3) is 11.8 Å². The van der Waals surface area contributed by atoms with E-state index < -0.39 is 11.8 Å². The van der Waals surface area contributed by atoms with Crippen molar-refractivity contribution in [2.24, 2.45) is 0 Å². The molecule has 0 atom stereocenters. The number of pyridine rings is 1. The molecule has 0 aliphatic carbocycles. The zero-order chi connectivity index (χ0) is 22.1. The van der Waals surface area contributed by atoms with Gasteiger partial charge in [0.2, 0.25) is 0 Å². The van der Waals surface area contributed by atoms with Crippen molar-refractivity contribution >= 4 is 33.8 Å². The number of rotatable bonds is 8. The molecule has 2 amide bonds. The molecule has 1 aliphatic rings. The largest absolute Gasteiger partial charge is 0.379 e. The lowest BCUT2D eigenvalue weighted by atomic mass is 10.1. The summed E-state index contributed by atoms with van der Waals surface area (Å²) in [5.41, 5.74) is 4.37. The number of amides is 2. The summed E-state index contributed by atoms with van der Waals surface area (Å²) in [4.78, 5) is 42.9. The summed E-state index contributed by atoms with van der Waals surface area (Å²) >= 11 is 0. The van der Waals surface area contributed by atoms with Crippen LogP contribution in [-0.4, -0.2) is 51.7 Å². The van der Waals surface area contributed by atoms with Gasteiger partial charge < -0.3 is 9.72 Å². The number of ether oxygens (including phenoxy) is 1. The molecule has 0 radical (unpaired) electrons. The quantitative estimate of drug-likeness (QED) is 0.340. The van der Waals surface area contributed by atoms with E-state index in [1.165, 1.54) is 0 Å². The van der Waals surface area contributed by atoms with E-state index in [1.54, 1.807) is 24.3 Å². The normalized spacial score (nSPS) is 13.5. The van der Waals surface area contributed by atoms with Crippen LogP contribution in [-0.2, 0) is 22.4 Å². The number of aromatic amines is 1. The van der Waals surface area contributed by atoms with Gasteiger partial charge in [-0.05, 0) is 18.2 Å². The Morgan fingerprint density at radius 1 is 0.906 bits per heavy atom. The molecule has 0 spiro atoms. The van der Waals surface area contributed by atoms with E-state index >= 15 is 0 Å². The van der Waals surface area contributed by atoms with Gasteiger partial charge in [0.1, 0.15) is 5.82 Å². The van der Waals surface area contributed by atoms with Crippen molar-refractivity contribution in [3.63, 3.8) is 0 Å². The number of nitrogens with zero attached hydrogens (tertiary/aromatic N) is 3. The fourth-order valence-electron chi connectivity index (χ4n) is 3.89. The maximum absolute atomic E-state index is 12.3. The Bertz CT molecular complexity index is 1300. The van der Waals surface area contributed by atoms with Crippen LogP contribution < -0.4 is 0 Å². The van der Waals surface area contributed by atoms with Gasteiger partial charge >= 0.3 is 0 Å². The molecule has 5 rings (SSSR count). The lowest BCUT2D eigenvalue weighted by Crippen LogP contribution is -2.31. The van der Waals surface area contributed by atoms with Gasteiger partial charge in [-0.1, -0.05) is 37.3 Å². The van der Waals surface area contributed by atoms with Crippen molar-refractivity contribution in [2.45, 2.75) is 19.8 Å². The van der Waals surface area contributed by atoms with Crippen LogP contribution in [0.25, 0.3) is 21.9 Å². The molecule has 8 nitrogen and oxygen atoms in total. The van der Waals surface area contributed by atoms with E-state index in [0.29, 0.717) is 24.2 Å². The van der Waals surface area contributed by atoms with Gasteiger partial charge in [-0.15, -0.1) is 5.06 Å². The molecule has 0 saturated heterocycles. The molecule has 0 unspecified atom stereocenters. The van der Waals surface area contributed by atoms with E-state index in [9.17, 15) is 9.59 Å². The number of hydrogen-bond donors (Lipinski definition) is 1. The Morgan fingerprint density at radius 2 is 1.62 bits per heavy atom. The van der Waals surface area contributed by atoms with Crippen LogP contribution in [0, 0.1) is 0 Å². The van der Waals surface area contributed by atoms with E-state index in [-0.39, 0.29) is 13.2 Å². The highest BCUT2D eigenvalue weighted by atomic mass is 16.7. The summed E-state index contributed by atoms with van der Waals surface area (Å²) in [6, 6.07) is 14.6. The summed E-state index contributed by atoms with van der Waals surface area (Å²) < 4.78 is 5.69. The molecule has 4 aromatic rings. The molecule has 8 heteroatoms. The first-order valence-electron chi connectivity index (χ1n) is 10.6. The van der Waals surface area contributed by atoms with Gasteiger partial charge in [0, 0.05) is 18.2 Å². The maximum atomic E-state index is 12.3. The summed E-state index contributed by atoms with van der Waals surface area (Å²) in [6.07, 6.45) is 1.41. The number of hydroxylamine groups is 2.